The predicted octanol–water partition coefficient (Wildman–Crippen LogP) is 4.04. The van der Waals surface area contributed by atoms with E-state index >= 15 is 0 Å². The van der Waals surface area contributed by atoms with Crippen molar-refractivity contribution in [1.29, 1.82) is 0 Å². The van der Waals surface area contributed by atoms with Gasteiger partial charge in [-0.1, -0.05) is 29.8 Å². The van der Waals surface area contributed by atoms with Crippen LogP contribution in [0.1, 0.15) is 28.2 Å². The summed E-state index contributed by atoms with van der Waals surface area (Å²) in [7, 11) is 0. The van der Waals surface area contributed by atoms with E-state index in [1.54, 1.807) is 17.0 Å². The second kappa shape index (κ2) is 9.40. The topological polar surface area (TPSA) is 92.5 Å². The van der Waals surface area contributed by atoms with Crippen LogP contribution in [0.5, 0.6) is 0 Å². The number of nitrogens with zero attached hydrogens (tertiary/aromatic N) is 5. The lowest BCUT2D eigenvalue weighted by molar-refractivity contribution is -0.384. The van der Waals surface area contributed by atoms with Crippen molar-refractivity contribution in [2.24, 2.45) is 0 Å². The van der Waals surface area contributed by atoms with Gasteiger partial charge in [-0.2, -0.15) is 4.37 Å². The normalized spacial score (nSPS) is 14.4. The molecule has 2 aromatic carbocycles. The van der Waals surface area contributed by atoms with E-state index < -0.39 is 4.92 Å². The minimum Gasteiger partial charge on any atom is -0.345 e. The van der Waals surface area contributed by atoms with Crippen LogP contribution in [0.15, 0.2) is 48.5 Å². The second-order valence-corrected chi connectivity index (χ2v) is 8.40. The van der Waals surface area contributed by atoms with Crippen molar-refractivity contribution in [1.82, 2.24) is 14.3 Å². The average Bonchev–Trinajstić information content (AvgIpc) is 3.09. The number of nitro benzene ring substituents is 1. The molecule has 0 N–H and O–H groups in total. The van der Waals surface area contributed by atoms with Gasteiger partial charge in [0.25, 0.3) is 11.6 Å². The van der Waals surface area contributed by atoms with Crippen LogP contribution in [-0.2, 0) is 6.42 Å². The first-order chi connectivity index (χ1) is 15.0. The molecule has 0 saturated carbocycles. The highest BCUT2D eigenvalue weighted by molar-refractivity contribution is 7.09. The van der Waals surface area contributed by atoms with Crippen LogP contribution < -0.4 is 4.90 Å². The number of hydrogen-bond donors (Lipinski definition) is 0. The van der Waals surface area contributed by atoms with Gasteiger partial charge in [-0.15, -0.1) is 0 Å². The summed E-state index contributed by atoms with van der Waals surface area (Å²) in [5.41, 5.74) is 1.35. The van der Waals surface area contributed by atoms with Crippen molar-refractivity contribution in [2.75, 3.05) is 31.1 Å². The van der Waals surface area contributed by atoms with Crippen LogP contribution >= 0.6 is 23.1 Å². The molecule has 1 aliphatic heterocycles. The zero-order chi connectivity index (χ0) is 21.8. The number of hydrogen-bond acceptors (Lipinski definition) is 7. The molecule has 1 aromatic heterocycles. The molecule has 160 valence electrons. The molecule has 0 unspecified atom stereocenters. The maximum atomic E-state index is 12.9. The molecule has 31 heavy (non-hydrogen) atoms. The Morgan fingerprint density at radius 1 is 1.13 bits per heavy atom. The summed E-state index contributed by atoms with van der Waals surface area (Å²) in [4.78, 5) is 31.9. The number of halogens is 1. The summed E-state index contributed by atoms with van der Waals surface area (Å²) in [6.07, 6.45) is 1.42. The van der Waals surface area contributed by atoms with Gasteiger partial charge in [0.2, 0.25) is 5.13 Å². The Bertz CT molecular complexity index is 1090. The number of non-ortho nitro benzene ring substituents is 1. The van der Waals surface area contributed by atoms with Gasteiger partial charge in [0.05, 0.1) is 4.92 Å². The average molecular weight is 458 g/mol. The van der Waals surface area contributed by atoms with Crippen LogP contribution in [0.4, 0.5) is 10.8 Å². The zero-order valence-corrected chi connectivity index (χ0v) is 18.2. The second-order valence-electron chi connectivity index (χ2n) is 7.24. The molecular formula is C21H20ClN5O3S. The third-order valence-electron chi connectivity index (χ3n) is 5.09. The summed E-state index contributed by atoms with van der Waals surface area (Å²) in [5, 5.41) is 12.5. The molecule has 0 radical (unpaired) electrons. The summed E-state index contributed by atoms with van der Waals surface area (Å²) in [6, 6.07) is 13.5. The molecular weight excluding hydrogens is 438 g/mol. The van der Waals surface area contributed by atoms with Crippen LogP contribution in [-0.4, -0.2) is 51.3 Å². The lowest BCUT2D eigenvalue weighted by Gasteiger charge is -2.21. The summed E-state index contributed by atoms with van der Waals surface area (Å²) in [5.74, 6) is 0.572. The van der Waals surface area contributed by atoms with E-state index in [2.05, 4.69) is 14.3 Å². The minimum atomic E-state index is -0.488. The Balaban J connectivity index is 1.39. The van der Waals surface area contributed by atoms with Gasteiger partial charge < -0.3 is 9.80 Å². The van der Waals surface area contributed by atoms with E-state index in [0.29, 0.717) is 36.6 Å². The van der Waals surface area contributed by atoms with Gasteiger partial charge in [-0.25, -0.2) is 4.98 Å². The number of amides is 1. The van der Waals surface area contributed by atoms with E-state index in [0.717, 1.165) is 29.5 Å². The number of benzene rings is 2. The molecule has 2 heterocycles. The number of carbonyl (C=O) groups is 1. The van der Waals surface area contributed by atoms with Gasteiger partial charge in [-0.3, -0.25) is 14.9 Å². The Morgan fingerprint density at radius 3 is 2.71 bits per heavy atom. The van der Waals surface area contributed by atoms with Crippen LogP contribution in [0.2, 0.25) is 5.02 Å². The molecule has 0 bridgehead atoms. The fourth-order valence-electron chi connectivity index (χ4n) is 3.48. The van der Waals surface area contributed by atoms with Crippen molar-refractivity contribution < 1.29 is 9.72 Å². The molecule has 10 heteroatoms. The predicted molar refractivity (Wildman–Crippen MR) is 120 cm³/mol. The molecule has 0 spiro atoms. The maximum absolute atomic E-state index is 12.9. The number of aromatic nitrogens is 2. The SMILES string of the molecule is O=C(c1cccc([N+](=O)[O-])c1)N1CCCN(c2nc(Cc3ccc(Cl)cc3)ns2)CC1. The van der Waals surface area contributed by atoms with Crippen molar-refractivity contribution in [3.63, 3.8) is 0 Å². The first-order valence-electron chi connectivity index (χ1n) is 9.85. The van der Waals surface area contributed by atoms with Crippen LogP contribution in [0.25, 0.3) is 0 Å². The molecule has 0 aliphatic carbocycles. The lowest BCUT2D eigenvalue weighted by Crippen LogP contribution is -2.35. The fraction of sp³-hybridized carbons (Fsp3) is 0.286. The summed E-state index contributed by atoms with van der Waals surface area (Å²) >= 11 is 7.30. The van der Waals surface area contributed by atoms with E-state index in [1.807, 2.05) is 24.3 Å². The van der Waals surface area contributed by atoms with Crippen molar-refractivity contribution in [3.8, 4) is 0 Å². The largest absolute Gasteiger partial charge is 0.345 e. The highest BCUT2D eigenvalue weighted by Gasteiger charge is 2.23. The van der Waals surface area contributed by atoms with Crippen LogP contribution in [0.3, 0.4) is 0 Å². The minimum absolute atomic E-state index is 0.0793. The maximum Gasteiger partial charge on any atom is 0.270 e. The van der Waals surface area contributed by atoms with Gasteiger partial charge >= 0.3 is 0 Å². The third-order valence-corrected chi connectivity index (χ3v) is 6.16. The summed E-state index contributed by atoms with van der Waals surface area (Å²) in [6.45, 7) is 2.52. The number of nitro groups is 1. The lowest BCUT2D eigenvalue weighted by atomic mass is 10.1. The Morgan fingerprint density at radius 2 is 1.94 bits per heavy atom. The number of carbonyl (C=O) groups excluding carboxylic acids is 1. The highest BCUT2D eigenvalue weighted by Crippen LogP contribution is 2.22. The molecule has 3 aromatic rings. The van der Waals surface area contributed by atoms with Gasteiger partial charge in [0.1, 0.15) is 5.82 Å². The van der Waals surface area contributed by atoms with E-state index in [-0.39, 0.29) is 11.6 Å². The Labute approximate surface area is 188 Å². The summed E-state index contributed by atoms with van der Waals surface area (Å²) < 4.78 is 4.48. The Hall–Kier alpha value is -3.04. The number of rotatable bonds is 5. The fourth-order valence-corrected chi connectivity index (χ4v) is 4.34. The monoisotopic (exact) mass is 457 g/mol. The first kappa shape index (κ1) is 21.2. The smallest absolute Gasteiger partial charge is 0.270 e. The highest BCUT2D eigenvalue weighted by atomic mass is 35.5. The molecule has 0 atom stereocenters. The molecule has 1 aliphatic rings. The van der Waals surface area contributed by atoms with Crippen molar-refractivity contribution >= 4 is 39.9 Å². The molecule has 1 amide bonds. The quantitative estimate of drug-likeness (QED) is 0.424. The van der Waals surface area contributed by atoms with E-state index in [9.17, 15) is 14.9 Å². The molecule has 8 nitrogen and oxygen atoms in total. The third kappa shape index (κ3) is 5.18. The zero-order valence-electron chi connectivity index (χ0n) is 16.6. The molecule has 1 saturated heterocycles. The number of anilines is 1. The molecule has 4 rings (SSSR count). The van der Waals surface area contributed by atoms with Crippen LogP contribution in [0, 0.1) is 10.1 Å². The van der Waals surface area contributed by atoms with Gasteiger partial charge in [0, 0.05) is 66.9 Å². The van der Waals surface area contributed by atoms with E-state index in [4.69, 9.17) is 11.6 Å². The first-order valence-corrected chi connectivity index (χ1v) is 11.0. The van der Waals surface area contributed by atoms with Gasteiger partial charge in [0.15, 0.2) is 0 Å². The van der Waals surface area contributed by atoms with Crippen molar-refractivity contribution in [3.05, 3.63) is 80.6 Å². The van der Waals surface area contributed by atoms with Crippen molar-refractivity contribution in [2.45, 2.75) is 12.8 Å². The standard InChI is InChI=1S/C21H20ClN5O3S/c22-17-7-5-15(6-8-17)13-19-23-21(31-24-19)26-10-2-9-25(11-12-26)20(28)16-3-1-4-18(14-16)27(29)30/h1,3-8,14H,2,9-13H2. The molecule has 1 fully saturated rings. The van der Waals surface area contributed by atoms with Gasteiger partial charge in [-0.05, 0) is 30.2 Å². The van der Waals surface area contributed by atoms with E-state index in [1.165, 1.54) is 23.7 Å². The Kier molecular flexibility index (Phi) is 6.43.